The fourth-order valence-electron chi connectivity index (χ4n) is 1.88. The molecular formula is C13H15N4O. The number of hydrogen-bond acceptors (Lipinski definition) is 4. The Hall–Kier alpha value is -1.75. The van der Waals surface area contributed by atoms with Crippen LogP contribution < -0.4 is 0 Å². The molecule has 0 unspecified atom stereocenters. The Kier molecular flexibility index (Phi) is 2.45. The zero-order chi connectivity index (χ0) is 12.8. The maximum Gasteiger partial charge on any atom is 0.183 e. The molecule has 2 heterocycles. The summed E-state index contributed by atoms with van der Waals surface area (Å²) in [6.07, 6.45) is 5.51. The van der Waals surface area contributed by atoms with Crippen molar-refractivity contribution in [3.63, 3.8) is 0 Å². The summed E-state index contributed by atoms with van der Waals surface area (Å²) >= 11 is 0. The summed E-state index contributed by atoms with van der Waals surface area (Å²) in [7, 11) is 0. The van der Waals surface area contributed by atoms with Gasteiger partial charge in [0.1, 0.15) is 5.60 Å². The number of rotatable bonds is 3. The van der Waals surface area contributed by atoms with Crippen molar-refractivity contribution in [1.29, 1.82) is 0 Å². The summed E-state index contributed by atoms with van der Waals surface area (Å²) in [4.78, 5) is 8.47. The highest BCUT2D eigenvalue weighted by atomic mass is 16.3. The quantitative estimate of drug-likeness (QED) is 0.891. The van der Waals surface area contributed by atoms with Gasteiger partial charge in [0.2, 0.25) is 0 Å². The fraction of sp³-hybridized carbons (Fsp3) is 0.462. The predicted octanol–water partition coefficient (Wildman–Crippen LogP) is 1.70. The van der Waals surface area contributed by atoms with Gasteiger partial charge in [-0.1, -0.05) is 0 Å². The zero-order valence-corrected chi connectivity index (χ0v) is 10.5. The normalized spacial score (nSPS) is 15.9. The number of hydrogen-bond donors (Lipinski definition) is 1. The third kappa shape index (κ3) is 2.01. The molecular weight excluding hydrogens is 228 g/mol. The SMILES string of the molecule is CC(C)(O)c1nc(-c2c[c]cnc2)nn1C1CC1. The Labute approximate surface area is 106 Å². The standard InChI is InChI=1S/C13H15N4O/c1-13(2,18)12-15-11(9-4-3-7-14-8-9)16-17(12)10-5-6-10/h4,7-8,10,18H,5-6H2,1-2H3. The van der Waals surface area contributed by atoms with Crippen molar-refractivity contribution in [3.8, 4) is 11.4 Å². The lowest BCUT2D eigenvalue weighted by atomic mass is 10.1. The van der Waals surface area contributed by atoms with Crippen LogP contribution in [0.15, 0.2) is 18.5 Å². The molecule has 1 fully saturated rings. The van der Waals surface area contributed by atoms with Crippen LogP contribution in [-0.2, 0) is 5.60 Å². The Morgan fingerprint density at radius 3 is 2.78 bits per heavy atom. The zero-order valence-electron chi connectivity index (χ0n) is 10.5. The van der Waals surface area contributed by atoms with E-state index in [0.717, 1.165) is 18.4 Å². The maximum absolute atomic E-state index is 10.2. The lowest BCUT2D eigenvalue weighted by Gasteiger charge is -2.16. The molecule has 0 saturated heterocycles. The number of aliphatic hydroxyl groups is 1. The average Bonchev–Trinajstić information content (AvgIpc) is 3.07. The molecule has 0 aliphatic heterocycles. The lowest BCUT2D eigenvalue weighted by molar-refractivity contribution is 0.0633. The Morgan fingerprint density at radius 2 is 2.22 bits per heavy atom. The summed E-state index contributed by atoms with van der Waals surface area (Å²) in [5.41, 5.74) is -0.165. The molecule has 5 nitrogen and oxygen atoms in total. The molecule has 3 rings (SSSR count). The van der Waals surface area contributed by atoms with Crippen molar-refractivity contribution >= 4 is 0 Å². The second-order valence-corrected chi connectivity index (χ2v) is 5.17. The topological polar surface area (TPSA) is 63.8 Å². The van der Waals surface area contributed by atoms with Crippen LogP contribution in [0.5, 0.6) is 0 Å². The number of nitrogens with zero attached hydrogens (tertiary/aromatic N) is 4. The van der Waals surface area contributed by atoms with E-state index >= 15 is 0 Å². The van der Waals surface area contributed by atoms with Crippen molar-refractivity contribution < 1.29 is 5.11 Å². The molecule has 2 aromatic heterocycles. The molecule has 93 valence electrons. The van der Waals surface area contributed by atoms with Gasteiger partial charge in [0.05, 0.1) is 6.04 Å². The molecule has 0 atom stereocenters. The largest absolute Gasteiger partial charge is 0.382 e. The van der Waals surface area contributed by atoms with Gasteiger partial charge in [-0.05, 0) is 32.8 Å². The van der Waals surface area contributed by atoms with Gasteiger partial charge in [-0.3, -0.25) is 4.98 Å². The van der Waals surface area contributed by atoms with E-state index in [1.54, 1.807) is 32.3 Å². The maximum atomic E-state index is 10.2. The van der Waals surface area contributed by atoms with Crippen LogP contribution >= 0.6 is 0 Å². The van der Waals surface area contributed by atoms with Crippen LogP contribution in [0.2, 0.25) is 0 Å². The first-order valence-electron chi connectivity index (χ1n) is 6.06. The molecule has 1 radical (unpaired) electrons. The van der Waals surface area contributed by atoms with Crippen LogP contribution in [0.3, 0.4) is 0 Å². The summed E-state index contributed by atoms with van der Waals surface area (Å²) < 4.78 is 1.85. The van der Waals surface area contributed by atoms with Crippen LogP contribution in [-0.4, -0.2) is 24.9 Å². The monoisotopic (exact) mass is 243 g/mol. The average molecular weight is 243 g/mol. The second kappa shape index (κ2) is 3.88. The van der Waals surface area contributed by atoms with Gasteiger partial charge < -0.3 is 5.11 Å². The van der Waals surface area contributed by atoms with Crippen molar-refractivity contribution in [2.24, 2.45) is 0 Å². The van der Waals surface area contributed by atoms with Crippen molar-refractivity contribution in [1.82, 2.24) is 19.7 Å². The highest BCUT2D eigenvalue weighted by Gasteiger charge is 2.33. The molecule has 1 aliphatic carbocycles. The molecule has 1 N–H and O–H groups in total. The van der Waals surface area contributed by atoms with Gasteiger partial charge in [0.15, 0.2) is 11.6 Å². The van der Waals surface area contributed by atoms with Crippen LogP contribution in [0.1, 0.15) is 38.6 Å². The van der Waals surface area contributed by atoms with E-state index < -0.39 is 5.60 Å². The number of aromatic nitrogens is 4. The van der Waals surface area contributed by atoms with Gasteiger partial charge >= 0.3 is 0 Å². The van der Waals surface area contributed by atoms with E-state index in [2.05, 4.69) is 21.1 Å². The summed E-state index contributed by atoms with van der Waals surface area (Å²) in [5, 5.41) is 14.7. The van der Waals surface area contributed by atoms with Gasteiger partial charge in [0.25, 0.3) is 0 Å². The van der Waals surface area contributed by atoms with Crippen molar-refractivity contribution in [2.45, 2.75) is 38.3 Å². The number of pyridine rings is 1. The first-order chi connectivity index (χ1) is 8.55. The van der Waals surface area contributed by atoms with Gasteiger partial charge in [0, 0.05) is 24.0 Å². The van der Waals surface area contributed by atoms with Crippen molar-refractivity contribution in [2.75, 3.05) is 0 Å². The Bertz CT molecular complexity index is 552. The van der Waals surface area contributed by atoms with Crippen LogP contribution in [0, 0.1) is 6.07 Å². The highest BCUT2D eigenvalue weighted by molar-refractivity contribution is 5.52. The van der Waals surface area contributed by atoms with Crippen LogP contribution in [0.4, 0.5) is 0 Å². The van der Waals surface area contributed by atoms with E-state index in [4.69, 9.17) is 0 Å². The molecule has 5 heteroatoms. The van der Waals surface area contributed by atoms with E-state index in [1.807, 2.05) is 4.68 Å². The van der Waals surface area contributed by atoms with Gasteiger partial charge in [-0.2, -0.15) is 5.10 Å². The van der Waals surface area contributed by atoms with Gasteiger partial charge in [-0.15, -0.1) is 0 Å². The molecule has 0 bridgehead atoms. The third-order valence-electron chi connectivity index (χ3n) is 2.93. The molecule has 0 amide bonds. The molecule has 1 aliphatic rings. The van der Waals surface area contributed by atoms with Gasteiger partial charge in [-0.25, -0.2) is 9.67 Å². The lowest BCUT2D eigenvalue weighted by Crippen LogP contribution is -2.22. The van der Waals surface area contributed by atoms with Crippen LogP contribution in [0.25, 0.3) is 11.4 Å². The van der Waals surface area contributed by atoms with E-state index in [9.17, 15) is 5.11 Å². The summed E-state index contributed by atoms with van der Waals surface area (Å²) in [6, 6.07) is 5.09. The van der Waals surface area contributed by atoms with E-state index in [0.29, 0.717) is 17.7 Å². The summed E-state index contributed by atoms with van der Waals surface area (Å²) in [6.45, 7) is 3.46. The minimum atomic E-state index is -0.986. The molecule has 1 saturated carbocycles. The predicted molar refractivity (Wildman–Crippen MR) is 65.6 cm³/mol. The molecule has 0 aromatic carbocycles. The Morgan fingerprint density at radius 1 is 1.44 bits per heavy atom. The Balaban J connectivity index is 2.08. The minimum absolute atomic E-state index is 0.383. The highest BCUT2D eigenvalue weighted by Crippen LogP contribution is 2.37. The summed E-state index contributed by atoms with van der Waals surface area (Å²) in [5.74, 6) is 1.22. The molecule has 18 heavy (non-hydrogen) atoms. The fourth-order valence-corrected chi connectivity index (χ4v) is 1.88. The van der Waals surface area contributed by atoms with Crippen molar-refractivity contribution in [3.05, 3.63) is 30.4 Å². The first-order valence-corrected chi connectivity index (χ1v) is 6.06. The third-order valence-corrected chi connectivity index (χ3v) is 2.93. The smallest absolute Gasteiger partial charge is 0.183 e. The van der Waals surface area contributed by atoms with E-state index in [1.165, 1.54) is 0 Å². The molecule has 0 spiro atoms. The van der Waals surface area contributed by atoms with E-state index in [-0.39, 0.29) is 0 Å². The second-order valence-electron chi connectivity index (χ2n) is 5.17. The first kappa shape index (κ1) is 11.3. The molecule has 2 aromatic rings. The minimum Gasteiger partial charge on any atom is -0.382 e.